The van der Waals surface area contributed by atoms with Gasteiger partial charge >= 0.3 is 0 Å². The average Bonchev–Trinajstić information content (AvgIpc) is 3.29. The van der Waals surface area contributed by atoms with Gasteiger partial charge in [-0.2, -0.15) is 0 Å². The van der Waals surface area contributed by atoms with Gasteiger partial charge in [0.25, 0.3) is 5.91 Å². The minimum Gasteiger partial charge on any atom is -0.342 e. The topological polar surface area (TPSA) is 40.6 Å². The molecule has 0 N–H and O–H groups in total. The summed E-state index contributed by atoms with van der Waals surface area (Å²) in [5.74, 6) is 1.54. The van der Waals surface area contributed by atoms with Gasteiger partial charge < -0.3 is 9.80 Å². The minimum absolute atomic E-state index is 0.179. The Labute approximate surface area is 169 Å². The maximum atomic E-state index is 12.7. The highest BCUT2D eigenvalue weighted by molar-refractivity contribution is 5.94. The van der Waals surface area contributed by atoms with Crippen molar-refractivity contribution in [1.82, 2.24) is 9.80 Å². The largest absolute Gasteiger partial charge is 0.342 e. The van der Waals surface area contributed by atoms with Crippen LogP contribution in [-0.2, 0) is 11.2 Å². The van der Waals surface area contributed by atoms with E-state index in [-0.39, 0.29) is 5.91 Å². The molecule has 0 spiro atoms. The number of amides is 2. The van der Waals surface area contributed by atoms with Gasteiger partial charge in [-0.15, -0.1) is 0 Å². The van der Waals surface area contributed by atoms with Crippen LogP contribution in [0, 0.1) is 11.8 Å². The van der Waals surface area contributed by atoms with E-state index in [1.54, 1.807) is 0 Å². The van der Waals surface area contributed by atoms with E-state index in [1.165, 1.54) is 24.8 Å². The average molecular weight is 383 g/mol. The van der Waals surface area contributed by atoms with E-state index in [2.05, 4.69) is 17.0 Å². The fourth-order valence-corrected chi connectivity index (χ4v) is 5.18. The number of piperidine rings is 1. The Morgan fingerprint density at radius 3 is 2.04 bits per heavy atom. The second-order valence-corrected chi connectivity index (χ2v) is 9.00. The molecule has 0 atom stereocenters. The molecular weight excluding hydrogens is 348 g/mol. The molecule has 1 saturated carbocycles. The van der Waals surface area contributed by atoms with Crippen LogP contribution < -0.4 is 0 Å². The highest BCUT2D eigenvalue weighted by atomic mass is 16.2. The summed E-state index contributed by atoms with van der Waals surface area (Å²) in [7, 11) is 0. The fraction of sp³-hybridized carbons (Fsp3) is 0.667. The van der Waals surface area contributed by atoms with Crippen LogP contribution in [-0.4, -0.2) is 47.8 Å². The molecule has 2 aliphatic heterocycles. The van der Waals surface area contributed by atoms with Crippen LogP contribution in [0.2, 0.25) is 0 Å². The van der Waals surface area contributed by atoms with E-state index >= 15 is 0 Å². The lowest BCUT2D eigenvalue weighted by atomic mass is 9.86. The second kappa shape index (κ2) is 9.11. The third-order valence-corrected chi connectivity index (χ3v) is 7.00. The summed E-state index contributed by atoms with van der Waals surface area (Å²) in [6, 6.07) is 8.25. The summed E-state index contributed by atoms with van der Waals surface area (Å²) in [6.45, 7) is 3.65. The van der Waals surface area contributed by atoms with Gasteiger partial charge in [0.2, 0.25) is 5.91 Å². The summed E-state index contributed by atoms with van der Waals surface area (Å²) in [5.41, 5.74) is 2.13. The van der Waals surface area contributed by atoms with Crippen LogP contribution in [0.5, 0.6) is 0 Å². The van der Waals surface area contributed by atoms with Gasteiger partial charge in [0.15, 0.2) is 0 Å². The van der Waals surface area contributed by atoms with Crippen molar-refractivity contribution in [2.24, 2.45) is 11.8 Å². The number of carbonyl (C=O) groups is 2. The second-order valence-electron chi connectivity index (χ2n) is 9.00. The molecule has 2 amide bonds. The molecule has 1 aliphatic carbocycles. The molecule has 1 aromatic rings. The Kier molecular flexibility index (Phi) is 6.33. The Morgan fingerprint density at radius 1 is 0.750 bits per heavy atom. The first-order chi connectivity index (χ1) is 13.7. The molecule has 2 heterocycles. The number of rotatable bonds is 4. The molecule has 28 heavy (non-hydrogen) atoms. The lowest BCUT2D eigenvalue weighted by Gasteiger charge is -2.35. The summed E-state index contributed by atoms with van der Waals surface area (Å²) in [6.07, 6.45) is 11.5. The fourth-order valence-electron chi connectivity index (χ4n) is 5.18. The number of hydrogen-bond acceptors (Lipinski definition) is 2. The number of hydrogen-bond donors (Lipinski definition) is 0. The van der Waals surface area contributed by atoms with Gasteiger partial charge in [-0.25, -0.2) is 0 Å². The van der Waals surface area contributed by atoms with Crippen molar-refractivity contribution in [1.29, 1.82) is 0 Å². The Bertz CT molecular complexity index is 664. The van der Waals surface area contributed by atoms with Crippen molar-refractivity contribution in [3.63, 3.8) is 0 Å². The molecule has 0 unspecified atom stereocenters. The predicted octanol–water partition coefficient (Wildman–Crippen LogP) is 4.28. The SMILES string of the molecule is O=C(c1ccc(CC2CCN(C(=O)C3CCCCC3)CC2)cc1)N1CCCC1. The van der Waals surface area contributed by atoms with Crippen molar-refractivity contribution in [2.75, 3.05) is 26.2 Å². The molecule has 152 valence electrons. The van der Waals surface area contributed by atoms with Gasteiger partial charge in [0, 0.05) is 37.7 Å². The van der Waals surface area contributed by atoms with Crippen LogP contribution in [0.3, 0.4) is 0 Å². The van der Waals surface area contributed by atoms with Crippen LogP contribution in [0.4, 0.5) is 0 Å². The van der Waals surface area contributed by atoms with Crippen molar-refractivity contribution < 1.29 is 9.59 Å². The van der Waals surface area contributed by atoms with Gasteiger partial charge in [-0.3, -0.25) is 9.59 Å². The first kappa shape index (κ1) is 19.5. The van der Waals surface area contributed by atoms with Crippen molar-refractivity contribution in [2.45, 2.75) is 64.2 Å². The predicted molar refractivity (Wildman–Crippen MR) is 111 cm³/mol. The van der Waals surface area contributed by atoms with E-state index in [1.807, 2.05) is 17.0 Å². The molecule has 3 aliphatic rings. The molecule has 3 fully saturated rings. The third-order valence-electron chi connectivity index (χ3n) is 7.00. The first-order valence-corrected chi connectivity index (χ1v) is 11.4. The maximum absolute atomic E-state index is 12.7. The third kappa shape index (κ3) is 4.59. The normalized spacial score (nSPS) is 21.9. The smallest absolute Gasteiger partial charge is 0.253 e. The lowest BCUT2D eigenvalue weighted by Crippen LogP contribution is -2.42. The van der Waals surface area contributed by atoms with Crippen LogP contribution in [0.1, 0.15) is 73.7 Å². The molecule has 0 aromatic heterocycles. The minimum atomic E-state index is 0.179. The summed E-state index contributed by atoms with van der Waals surface area (Å²) in [5, 5.41) is 0. The number of nitrogens with zero attached hydrogens (tertiary/aromatic N) is 2. The molecule has 2 saturated heterocycles. The van der Waals surface area contributed by atoms with Gasteiger partial charge in [0.05, 0.1) is 0 Å². The molecule has 4 heteroatoms. The van der Waals surface area contributed by atoms with E-state index in [4.69, 9.17) is 0 Å². The van der Waals surface area contributed by atoms with E-state index in [0.29, 0.717) is 17.7 Å². The molecule has 1 aromatic carbocycles. The number of likely N-dealkylation sites (tertiary alicyclic amines) is 2. The number of benzene rings is 1. The summed E-state index contributed by atoms with van der Waals surface area (Å²) >= 11 is 0. The highest BCUT2D eigenvalue weighted by Crippen LogP contribution is 2.28. The maximum Gasteiger partial charge on any atom is 0.253 e. The van der Waals surface area contributed by atoms with Crippen LogP contribution >= 0.6 is 0 Å². The van der Waals surface area contributed by atoms with Crippen molar-refractivity contribution in [3.05, 3.63) is 35.4 Å². The Balaban J connectivity index is 1.25. The van der Waals surface area contributed by atoms with Crippen molar-refractivity contribution in [3.8, 4) is 0 Å². The molecule has 0 bridgehead atoms. The highest BCUT2D eigenvalue weighted by Gasteiger charge is 2.29. The number of carbonyl (C=O) groups excluding carboxylic acids is 2. The quantitative estimate of drug-likeness (QED) is 0.780. The zero-order chi connectivity index (χ0) is 19.3. The zero-order valence-corrected chi connectivity index (χ0v) is 17.1. The molecular formula is C24H34N2O2. The first-order valence-electron chi connectivity index (χ1n) is 11.4. The molecule has 4 nitrogen and oxygen atoms in total. The monoisotopic (exact) mass is 382 g/mol. The Morgan fingerprint density at radius 2 is 1.39 bits per heavy atom. The summed E-state index contributed by atoms with van der Waals surface area (Å²) < 4.78 is 0. The standard InChI is InChI=1S/C24H34N2O2/c27-23(21-6-2-1-3-7-21)26-16-12-20(13-17-26)18-19-8-10-22(11-9-19)24(28)25-14-4-5-15-25/h8-11,20-21H,1-7,12-18H2. The van der Waals surface area contributed by atoms with Crippen molar-refractivity contribution >= 4 is 11.8 Å². The van der Waals surface area contributed by atoms with E-state index in [0.717, 1.165) is 76.7 Å². The Hall–Kier alpha value is -1.84. The molecule has 0 radical (unpaired) electrons. The van der Waals surface area contributed by atoms with E-state index < -0.39 is 0 Å². The van der Waals surface area contributed by atoms with E-state index in [9.17, 15) is 9.59 Å². The van der Waals surface area contributed by atoms with Crippen LogP contribution in [0.15, 0.2) is 24.3 Å². The lowest BCUT2D eigenvalue weighted by molar-refractivity contribution is -0.138. The van der Waals surface area contributed by atoms with Gasteiger partial charge in [-0.1, -0.05) is 31.4 Å². The van der Waals surface area contributed by atoms with Gasteiger partial charge in [0.1, 0.15) is 0 Å². The van der Waals surface area contributed by atoms with Gasteiger partial charge in [-0.05, 0) is 68.6 Å². The van der Waals surface area contributed by atoms with Crippen LogP contribution in [0.25, 0.3) is 0 Å². The molecule has 4 rings (SSSR count). The zero-order valence-electron chi connectivity index (χ0n) is 17.1. The summed E-state index contributed by atoms with van der Waals surface area (Å²) in [4.78, 5) is 29.3.